The summed E-state index contributed by atoms with van der Waals surface area (Å²) < 4.78 is 7.36. The summed E-state index contributed by atoms with van der Waals surface area (Å²) >= 11 is 5.31. The van der Waals surface area contributed by atoms with Crippen LogP contribution < -0.4 is 10.1 Å². The Labute approximate surface area is 152 Å². The molecule has 2 N–H and O–H groups in total. The van der Waals surface area contributed by atoms with Crippen LogP contribution in [0.1, 0.15) is 32.6 Å². The zero-order valence-electron chi connectivity index (χ0n) is 14.6. The SMILES string of the molecule is CCC1CCCC1NC(=O)Cn1c(-c2ccc(OC)cc2)n[nH]c1=S. The molecule has 2 aromatic rings. The molecule has 1 heterocycles. The monoisotopic (exact) mass is 360 g/mol. The highest BCUT2D eigenvalue weighted by atomic mass is 32.1. The molecule has 0 saturated heterocycles. The number of methoxy groups -OCH3 is 1. The third-order valence-corrected chi connectivity index (χ3v) is 5.25. The van der Waals surface area contributed by atoms with Gasteiger partial charge in [-0.2, -0.15) is 5.10 Å². The van der Waals surface area contributed by atoms with Crippen LogP contribution in [0.3, 0.4) is 0 Å². The average Bonchev–Trinajstić information content (AvgIpc) is 3.22. The van der Waals surface area contributed by atoms with Gasteiger partial charge in [0, 0.05) is 11.6 Å². The third kappa shape index (κ3) is 3.92. The number of aromatic nitrogens is 3. The molecular weight excluding hydrogens is 336 g/mol. The summed E-state index contributed by atoms with van der Waals surface area (Å²) in [5.74, 6) is 2.00. The minimum Gasteiger partial charge on any atom is -0.497 e. The fourth-order valence-electron chi connectivity index (χ4n) is 3.54. The average molecular weight is 360 g/mol. The van der Waals surface area contributed by atoms with Crippen molar-refractivity contribution >= 4 is 18.1 Å². The van der Waals surface area contributed by atoms with E-state index < -0.39 is 0 Å². The highest BCUT2D eigenvalue weighted by molar-refractivity contribution is 7.71. The highest BCUT2D eigenvalue weighted by Crippen LogP contribution is 2.28. The molecule has 0 spiro atoms. The fourth-order valence-corrected chi connectivity index (χ4v) is 3.73. The maximum atomic E-state index is 12.5. The van der Waals surface area contributed by atoms with E-state index in [4.69, 9.17) is 17.0 Å². The van der Waals surface area contributed by atoms with Gasteiger partial charge in [-0.1, -0.05) is 19.8 Å². The topological polar surface area (TPSA) is 71.9 Å². The van der Waals surface area contributed by atoms with Crippen molar-refractivity contribution in [2.75, 3.05) is 7.11 Å². The molecular formula is C18H24N4O2S. The van der Waals surface area contributed by atoms with Crippen LogP contribution in [0.25, 0.3) is 11.4 Å². The van der Waals surface area contributed by atoms with Crippen LogP contribution in [0, 0.1) is 10.7 Å². The first-order valence-corrected chi connectivity index (χ1v) is 9.12. The molecule has 134 valence electrons. The van der Waals surface area contributed by atoms with Crippen molar-refractivity contribution in [3.8, 4) is 17.1 Å². The molecule has 1 saturated carbocycles. The third-order valence-electron chi connectivity index (χ3n) is 4.94. The van der Waals surface area contributed by atoms with Gasteiger partial charge in [0.25, 0.3) is 0 Å². The summed E-state index contributed by atoms with van der Waals surface area (Å²) in [4.78, 5) is 12.5. The quantitative estimate of drug-likeness (QED) is 0.775. The molecule has 1 aromatic carbocycles. The number of hydrogen-bond donors (Lipinski definition) is 2. The zero-order chi connectivity index (χ0) is 17.8. The molecule has 1 aliphatic rings. The molecule has 0 bridgehead atoms. The minimum atomic E-state index is -0.0161. The van der Waals surface area contributed by atoms with Crippen LogP contribution in [0.15, 0.2) is 24.3 Å². The van der Waals surface area contributed by atoms with Crippen molar-refractivity contribution < 1.29 is 9.53 Å². The van der Waals surface area contributed by atoms with Crippen LogP contribution in [-0.2, 0) is 11.3 Å². The Morgan fingerprint density at radius 2 is 2.16 bits per heavy atom. The highest BCUT2D eigenvalue weighted by Gasteiger charge is 2.27. The predicted molar refractivity (Wildman–Crippen MR) is 99.0 cm³/mol. The van der Waals surface area contributed by atoms with Gasteiger partial charge in [0.2, 0.25) is 5.91 Å². The van der Waals surface area contributed by atoms with E-state index in [9.17, 15) is 4.79 Å². The van der Waals surface area contributed by atoms with Gasteiger partial charge in [-0.05, 0) is 55.2 Å². The summed E-state index contributed by atoms with van der Waals surface area (Å²) in [6.45, 7) is 2.35. The maximum absolute atomic E-state index is 12.5. The number of benzene rings is 1. The van der Waals surface area contributed by atoms with Gasteiger partial charge in [0.05, 0.1) is 7.11 Å². The van der Waals surface area contributed by atoms with Crippen LogP contribution in [-0.4, -0.2) is 33.8 Å². The number of hydrogen-bond acceptors (Lipinski definition) is 4. The number of nitrogens with one attached hydrogen (secondary N) is 2. The smallest absolute Gasteiger partial charge is 0.240 e. The Hall–Kier alpha value is -2.15. The standard InChI is InChI=1S/C18H24N4O2S/c1-3-12-5-4-6-15(12)19-16(23)11-22-17(20-21-18(22)25)13-7-9-14(24-2)10-8-13/h7-10,12,15H,3-6,11H2,1-2H3,(H,19,23)(H,21,25). The first-order chi connectivity index (χ1) is 12.1. The number of rotatable bonds is 6. The van der Waals surface area contributed by atoms with E-state index in [1.165, 1.54) is 12.8 Å². The van der Waals surface area contributed by atoms with E-state index in [0.29, 0.717) is 16.5 Å². The Morgan fingerprint density at radius 1 is 1.40 bits per heavy atom. The van der Waals surface area contributed by atoms with Gasteiger partial charge in [-0.25, -0.2) is 0 Å². The Kier molecular flexibility index (Phi) is 5.53. The molecule has 3 rings (SSSR count). The number of H-pyrrole nitrogens is 1. The van der Waals surface area contributed by atoms with Crippen molar-refractivity contribution in [3.63, 3.8) is 0 Å². The molecule has 1 aliphatic carbocycles. The van der Waals surface area contributed by atoms with Crippen molar-refractivity contribution in [1.82, 2.24) is 20.1 Å². The van der Waals surface area contributed by atoms with Crippen molar-refractivity contribution in [1.29, 1.82) is 0 Å². The van der Waals surface area contributed by atoms with E-state index in [-0.39, 0.29) is 18.5 Å². The Morgan fingerprint density at radius 3 is 2.84 bits per heavy atom. The largest absolute Gasteiger partial charge is 0.497 e. The van der Waals surface area contributed by atoms with Gasteiger partial charge in [0.1, 0.15) is 12.3 Å². The number of aromatic amines is 1. The normalized spacial score (nSPS) is 19.8. The lowest BCUT2D eigenvalue weighted by molar-refractivity contribution is -0.122. The molecule has 1 aromatic heterocycles. The molecule has 2 unspecified atom stereocenters. The zero-order valence-corrected chi connectivity index (χ0v) is 15.4. The lowest BCUT2D eigenvalue weighted by atomic mass is 10.0. The first-order valence-electron chi connectivity index (χ1n) is 8.71. The Balaban J connectivity index is 1.75. The molecule has 25 heavy (non-hydrogen) atoms. The van der Waals surface area contributed by atoms with E-state index in [1.807, 2.05) is 24.3 Å². The minimum absolute atomic E-state index is 0.0161. The van der Waals surface area contributed by atoms with Crippen LogP contribution in [0.4, 0.5) is 0 Å². The van der Waals surface area contributed by atoms with Gasteiger partial charge < -0.3 is 10.1 Å². The molecule has 0 radical (unpaired) electrons. The van der Waals surface area contributed by atoms with Crippen molar-refractivity contribution in [2.24, 2.45) is 5.92 Å². The van der Waals surface area contributed by atoms with E-state index >= 15 is 0 Å². The second-order valence-electron chi connectivity index (χ2n) is 6.44. The molecule has 0 aliphatic heterocycles. The van der Waals surface area contributed by atoms with Gasteiger partial charge in [0.15, 0.2) is 10.6 Å². The predicted octanol–water partition coefficient (Wildman–Crippen LogP) is 3.31. The summed E-state index contributed by atoms with van der Waals surface area (Å²) in [5, 5.41) is 10.2. The first kappa shape index (κ1) is 17.7. The van der Waals surface area contributed by atoms with Gasteiger partial charge >= 0.3 is 0 Å². The Bertz CT molecular complexity index is 781. The number of carbonyl (C=O) groups is 1. The summed E-state index contributed by atoms with van der Waals surface area (Å²) in [6, 6.07) is 7.82. The van der Waals surface area contributed by atoms with Crippen LogP contribution in [0.2, 0.25) is 0 Å². The van der Waals surface area contributed by atoms with E-state index in [1.54, 1.807) is 11.7 Å². The van der Waals surface area contributed by atoms with E-state index in [2.05, 4.69) is 22.4 Å². The summed E-state index contributed by atoms with van der Waals surface area (Å²) in [5.41, 5.74) is 0.883. The van der Waals surface area contributed by atoms with Gasteiger partial charge in [-0.3, -0.25) is 14.5 Å². The number of carbonyl (C=O) groups excluding carboxylic acids is 1. The fraction of sp³-hybridized carbons (Fsp3) is 0.500. The van der Waals surface area contributed by atoms with Crippen LogP contribution >= 0.6 is 12.2 Å². The molecule has 6 nitrogen and oxygen atoms in total. The van der Waals surface area contributed by atoms with Gasteiger partial charge in [-0.15, -0.1) is 0 Å². The van der Waals surface area contributed by atoms with Crippen molar-refractivity contribution in [2.45, 2.75) is 45.2 Å². The maximum Gasteiger partial charge on any atom is 0.240 e. The molecule has 1 fully saturated rings. The molecule has 7 heteroatoms. The lowest BCUT2D eigenvalue weighted by Gasteiger charge is -2.20. The van der Waals surface area contributed by atoms with E-state index in [0.717, 1.165) is 24.2 Å². The second-order valence-corrected chi connectivity index (χ2v) is 6.83. The second kappa shape index (κ2) is 7.82. The lowest BCUT2D eigenvalue weighted by Crippen LogP contribution is -2.39. The molecule has 1 amide bonds. The van der Waals surface area contributed by atoms with Crippen molar-refractivity contribution in [3.05, 3.63) is 29.0 Å². The summed E-state index contributed by atoms with van der Waals surface area (Å²) in [7, 11) is 1.63. The number of ether oxygens (including phenoxy) is 1. The molecule has 2 atom stereocenters. The summed E-state index contributed by atoms with van der Waals surface area (Å²) in [6.07, 6.45) is 4.55. The van der Waals surface area contributed by atoms with Crippen LogP contribution in [0.5, 0.6) is 5.75 Å². The number of amides is 1. The number of nitrogens with zero attached hydrogens (tertiary/aromatic N) is 2.